The third-order valence-electron chi connectivity index (χ3n) is 3.44. The van der Waals surface area contributed by atoms with Gasteiger partial charge in [0.15, 0.2) is 0 Å². The molecule has 0 saturated heterocycles. The van der Waals surface area contributed by atoms with Crippen LogP contribution in [0.15, 0.2) is 12.1 Å². The van der Waals surface area contributed by atoms with Gasteiger partial charge in [-0.25, -0.2) is 4.98 Å². The summed E-state index contributed by atoms with van der Waals surface area (Å²) in [7, 11) is 0. The Morgan fingerprint density at radius 3 is 2.43 bits per heavy atom. The summed E-state index contributed by atoms with van der Waals surface area (Å²) in [6.07, 6.45) is 0. The summed E-state index contributed by atoms with van der Waals surface area (Å²) in [4.78, 5) is 16.3. The molecule has 0 radical (unpaired) electrons. The molecule has 0 aliphatic heterocycles. The van der Waals surface area contributed by atoms with Crippen LogP contribution < -0.4 is 5.32 Å². The zero-order valence-electron chi connectivity index (χ0n) is 12.9. The number of nitrogens with one attached hydrogen (secondary N) is 1. The molecule has 6 heteroatoms. The first-order valence-corrected chi connectivity index (χ1v) is 7.57. The molecule has 0 fully saturated rings. The second-order valence-electron chi connectivity index (χ2n) is 5.26. The van der Waals surface area contributed by atoms with E-state index in [1.54, 1.807) is 24.3 Å². The molecule has 0 spiro atoms. The van der Waals surface area contributed by atoms with Gasteiger partial charge in [-0.05, 0) is 46.2 Å². The summed E-state index contributed by atoms with van der Waals surface area (Å²) >= 11 is 1.65. The van der Waals surface area contributed by atoms with Gasteiger partial charge in [-0.2, -0.15) is 0 Å². The Labute approximate surface area is 128 Å². The van der Waals surface area contributed by atoms with E-state index in [2.05, 4.69) is 10.3 Å². The van der Waals surface area contributed by atoms with Crippen LogP contribution in [0.2, 0.25) is 0 Å². The lowest BCUT2D eigenvalue weighted by Gasteiger charge is -2.17. The molecule has 0 amide bonds. The van der Waals surface area contributed by atoms with Gasteiger partial charge in [0.05, 0.1) is 21.7 Å². The van der Waals surface area contributed by atoms with E-state index >= 15 is 0 Å². The van der Waals surface area contributed by atoms with Gasteiger partial charge in [-0.3, -0.25) is 10.1 Å². The topological polar surface area (TPSA) is 68.1 Å². The van der Waals surface area contributed by atoms with Crippen LogP contribution in [-0.4, -0.2) is 9.91 Å². The van der Waals surface area contributed by atoms with Gasteiger partial charge >= 0.3 is 0 Å². The van der Waals surface area contributed by atoms with Crippen LogP contribution >= 0.6 is 11.3 Å². The maximum atomic E-state index is 11.1. The molecular weight excluding hydrogens is 286 g/mol. The molecule has 112 valence electrons. The Hall–Kier alpha value is -1.95. The average molecular weight is 305 g/mol. The van der Waals surface area contributed by atoms with E-state index in [1.165, 1.54) is 0 Å². The van der Waals surface area contributed by atoms with Crippen LogP contribution in [0.5, 0.6) is 0 Å². The minimum atomic E-state index is -0.341. The fourth-order valence-electron chi connectivity index (χ4n) is 2.44. The van der Waals surface area contributed by atoms with Crippen molar-refractivity contribution in [1.82, 2.24) is 4.98 Å². The molecular formula is C15H19N3O2S. The number of rotatable bonds is 4. The van der Waals surface area contributed by atoms with Crippen LogP contribution in [0.25, 0.3) is 0 Å². The van der Waals surface area contributed by atoms with E-state index in [4.69, 9.17) is 0 Å². The molecule has 1 atom stereocenters. The second-order valence-corrected chi connectivity index (χ2v) is 6.49. The molecule has 1 aromatic heterocycles. The molecule has 1 unspecified atom stereocenters. The van der Waals surface area contributed by atoms with Crippen LogP contribution in [0, 0.1) is 37.8 Å². The number of benzene rings is 1. The number of nitrogens with zero attached hydrogens (tertiary/aromatic N) is 2. The van der Waals surface area contributed by atoms with E-state index in [-0.39, 0.29) is 16.7 Å². The molecule has 1 N–H and O–H groups in total. The minimum absolute atomic E-state index is 0.0669. The van der Waals surface area contributed by atoms with Gasteiger partial charge in [0.25, 0.3) is 5.69 Å². The van der Waals surface area contributed by atoms with E-state index in [1.807, 2.05) is 33.8 Å². The lowest BCUT2D eigenvalue weighted by atomic mass is 10.1. The van der Waals surface area contributed by atoms with Gasteiger partial charge in [0, 0.05) is 22.2 Å². The van der Waals surface area contributed by atoms with E-state index in [9.17, 15) is 10.1 Å². The SMILES string of the molecule is Cc1nc(C)c(C(C)Nc2cc([N+](=O)[O-])c(C)cc2C)s1. The highest BCUT2D eigenvalue weighted by Gasteiger charge is 2.17. The molecule has 1 aromatic carbocycles. The van der Waals surface area contributed by atoms with Crippen LogP contribution in [-0.2, 0) is 0 Å². The molecule has 21 heavy (non-hydrogen) atoms. The Morgan fingerprint density at radius 2 is 1.90 bits per heavy atom. The quantitative estimate of drug-likeness (QED) is 0.669. The molecule has 0 bridgehead atoms. The predicted octanol–water partition coefficient (Wildman–Crippen LogP) is 4.46. The third-order valence-corrected chi connectivity index (χ3v) is 4.70. The lowest BCUT2D eigenvalue weighted by Crippen LogP contribution is -2.08. The van der Waals surface area contributed by atoms with Gasteiger partial charge in [-0.1, -0.05) is 0 Å². The third kappa shape index (κ3) is 3.21. The molecule has 0 aliphatic rings. The number of aromatic nitrogens is 1. The van der Waals surface area contributed by atoms with Crippen LogP contribution in [0.1, 0.15) is 39.7 Å². The maximum absolute atomic E-state index is 11.1. The molecule has 5 nitrogen and oxygen atoms in total. The highest BCUT2D eigenvalue weighted by Crippen LogP contribution is 2.31. The normalized spacial score (nSPS) is 12.2. The molecule has 2 aromatic rings. The summed E-state index contributed by atoms with van der Waals surface area (Å²) < 4.78 is 0. The van der Waals surface area contributed by atoms with Gasteiger partial charge in [-0.15, -0.1) is 11.3 Å². The van der Waals surface area contributed by atoms with Crippen molar-refractivity contribution in [3.63, 3.8) is 0 Å². The fourth-order valence-corrected chi connectivity index (χ4v) is 3.37. The summed E-state index contributed by atoms with van der Waals surface area (Å²) in [6.45, 7) is 9.73. The van der Waals surface area contributed by atoms with Crippen molar-refractivity contribution >= 4 is 22.7 Å². The number of hydrogen-bond donors (Lipinski definition) is 1. The summed E-state index contributed by atoms with van der Waals surface area (Å²) in [5.41, 5.74) is 3.64. The number of nitro groups is 1. The van der Waals surface area contributed by atoms with Crippen LogP contribution in [0.3, 0.4) is 0 Å². The summed E-state index contributed by atoms with van der Waals surface area (Å²) in [6, 6.07) is 3.53. The predicted molar refractivity (Wildman–Crippen MR) is 86.2 cm³/mol. The monoisotopic (exact) mass is 305 g/mol. The zero-order chi connectivity index (χ0) is 15.7. The Balaban J connectivity index is 2.33. The highest BCUT2D eigenvalue weighted by atomic mass is 32.1. The second kappa shape index (κ2) is 5.81. The fraction of sp³-hybridized carbons (Fsp3) is 0.400. The maximum Gasteiger partial charge on any atom is 0.274 e. The number of nitro benzene ring substituents is 1. The lowest BCUT2D eigenvalue weighted by molar-refractivity contribution is -0.385. The van der Waals surface area contributed by atoms with Crippen molar-refractivity contribution in [3.8, 4) is 0 Å². The molecule has 0 aliphatic carbocycles. The molecule has 0 saturated carbocycles. The average Bonchev–Trinajstić information content (AvgIpc) is 2.71. The Kier molecular flexibility index (Phi) is 4.27. The van der Waals surface area contributed by atoms with Gasteiger partial charge in [0.1, 0.15) is 0 Å². The van der Waals surface area contributed by atoms with Gasteiger partial charge in [0.2, 0.25) is 0 Å². The van der Waals surface area contributed by atoms with Crippen LogP contribution in [0.4, 0.5) is 11.4 Å². The van der Waals surface area contributed by atoms with E-state index < -0.39 is 0 Å². The smallest absolute Gasteiger partial charge is 0.274 e. The van der Waals surface area contributed by atoms with Crippen molar-refractivity contribution in [2.45, 2.75) is 40.7 Å². The summed E-state index contributed by atoms with van der Waals surface area (Å²) in [5.74, 6) is 0. The van der Waals surface area contributed by atoms with Gasteiger partial charge < -0.3 is 5.32 Å². The number of hydrogen-bond acceptors (Lipinski definition) is 5. The number of thiazole rings is 1. The first kappa shape index (κ1) is 15.4. The van der Waals surface area contributed by atoms with Crippen molar-refractivity contribution < 1.29 is 4.92 Å². The van der Waals surface area contributed by atoms with E-state index in [0.717, 1.165) is 26.8 Å². The Bertz CT molecular complexity index is 694. The van der Waals surface area contributed by atoms with Crippen molar-refractivity contribution in [3.05, 3.63) is 49.0 Å². The van der Waals surface area contributed by atoms with Crippen molar-refractivity contribution in [2.75, 3.05) is 5.32 Å². The van der Waals surface area contributed by atoms with Crippen molar-refractivity contribution in [2.24, 2.45) is 0 Å². The minimum Gasteiger partial charge on any atom is -0.377 e. The summed E-state index contributed by atoms with van der Waals surface area (Å²) in [5, 5.41) is 15.5. The molecule has 2 rings (SSSR count). The highest BCUT2D eigenvalue weighted by molar-refractivity contribution is 7.11. The Morgan fingerprint density at radius 1 is 1.24 bits per heavy atom. The molecule has 1 heterocycles. The zero-order valence-corrected chi connectivity index (χ0v) is 13.7. The number of aryl methyl sites for hydroxylation is 4. The first-order chi connectivity index (χ1) is 9.79. The largest absolute Gasteiger partial charge is 0.377 e. The first-order valence-electron chi connectivity index (χ1n) is 6.75. The van der Waals surface area contributed by atoms with Crippen molar-refractivity contribution in [1.29, 1.82) is 0 Å². The number of anilines is 1. The van der Waals surface area contributed by atoms with E-state index in [0.29, 0.717) is 5.56 Å². The standard InChI is InChI=1S/C15H19N3O2S/c1-8-6-9(2)14(18(19)20)7-13(8)17-11(4)15-10(3)16-12(5)21-15/h6-7,11,17H,1-5H3.